The first-order valence-corrected chi connectivity index (χ1v) is 13.9. The number of methoxy groups -OCH3 is 1. The van der Waals surface area contributed by atoms with Gasteiger partial charge in [-0.1, -0.05) is 18.2 Å². The highest BCUT2D eigenvalue weighted by Crippen LogP contribution is 2.29. The number of nitrogens with two attached hydrogens (primary N) is 1. The van der Waals surface area contributed by atoms with Gasteiger partial charge in [0.1, 0.15) is 11.3 Å². The number of aromatic nitrogens is 3. The van der Waals surface area contributed by atoms with Gasteiger partial charge in [-0.15, -0.1) is 0 Å². The van der Waals surface area contributed by atoms with Crippen LogP contribution in [0.5, 0.6) is 0 Å². The van der Waals surface area contributed by atoms with E-state index < -0.39 is 10.0 Å². The Morgan fingerprint density at radius 1 is 1.09 bits per heavy atom. The molecule has 4 aromatic rings. The molecule has 2 heterocycles. The Morgan fingerprint density at radius 2 is 1.88 bits per heavy atom. The number of hydrogen-bond donors (Lipinski definition) is 2. The summed E-state index contributed by atoms with van der Waals surface area (Å²) in [5, 5.41) is 0.990. The molecule has 8 nitrogen and oxygen atoms in total. The number of halogens is 2. The maximum atomic E-state index is 12.6. The van der Waals surface area contributed by atoms with E-state index in [-0.39, 0.29) is 4.90 Å². The fraction of sp³-hybridized carbons (Fsp3) is 0.304. The number of imidazole rings is 1. The average molecular weight is 611 g/mol. The van der Waals surface area contributed by atoms with Crippen molar-refractivity contribution >= 4 is 69.6 Å². The maximum Gasteiger partial charge on any atom is 0.240 e. The van der Waals surface area contributed by atoms with Crippen molar-refractivity contribution in [1.82, 2.24) is 19.3 Å². The van der Waals surface area contributed by atoms with Crippen LogP contribution in [0, 0.1) is 0 Å². The van der Waals surface area contributed by atoms with Crippen LogP contribution in [0.2, 0.25) is 0 Å². The van der Waals surface area contributed by atoms with Crippen molar-refractivity contribution in [3.8, 4) is 0 Å². The Hall–Kier alpha value is -2.05. The number of ether oxygens (including phenoxy) is 1. The quantitative estimate of drug-likeness (QED) is 0.253. The van der Waals surface area contributed by atoms with Gasteiger partial charge in [0, 0.05) is 41.0 Å². The lowest BCUT2D eigenvalue weighted by Gasteiger charge is -2.12. The second-order valence-corrected chi connectivity index (χ2v) is 11.3. The van der Waals surface area contributed by atoms with Gasteiger partial charge < -0.3 is 15.0 Å². The molecule has 0 saturated carbocycles. The first kappa shape index (κ1) is 25.1. The molecule has 0 unspecified atom stereocenters. The summed E-state index contributed by atoms with van der Waals surface area (Å²) in [6, 6.07) is 12.7. The number of benzene rings is 2. The molecule has 0 aliphatic heterocycles. The number of unbranched alkanes of at least 4 members (excludes halogenated alkanes) is 1. The second-order valence-electron chi connectivity index (χ2n) is 7.81. The molecule has 0 atom stereocenters. The van der Waals surface area contributed by atoms with Gasteiger partial charge in [-0.2, -0.15) is 0 Å². The van der Waals surface area contributed by atoms with Crippen LogP contribution in [-0.2, 0) is 27.7 Å². The third-order valence-electron chi connectivity index (χ3n) is 5.52. The lowest BCUT2D eigenvalue weighted by Crippen LogP contribution is -2.25. The lowest BCUT2D eigenvalue weighted by atomic mass is 10.2. The van der Waals surface area contributed by atoms with Crippen LogP contribution < -0.4 is 10.5 Å². The minimum Gasteiger partial charge on any atom is -0.384 e. The van der Waals surface area contributed by atoms with Crippen molar-refractivity contribution in [3.63, 3.8) is 0 Å². The van der Waals surface area contributed by atoms with Crippen LogP contribution in [0.4, 0.5) is 5.82 Å². The minimum absolute atomic E-state index is 0.222. The van der Waals surface area contributed by atoms with Gasteiger partial charge in [-0.25, -0.2) is 23.1 Å². The van der Waals surface area contributed by atoms with E-state index in [2.05, 4.69) is 46.1 Å². The predicted octanol–water partition coefficient (Wildman–Crippen LogP) is 4.64. The van der Waals surface area contributed by atoms with Crippen molar-refractivity contribution in [2.24, 2.45) is 0 Å². The van der Waals surface area contributed by atoms with Crippen LogP contribution in [0.25, 0.3) is 21.9 Å². The summed E-state index contributed by atoms with van der Waals surface area (Å²) in [5.41, 5.74) is 8.69. The van der Waals surface area contributed by atoms with E-state index in [0.717, 1.165) is 33.1 Å². The topological polar surface area (TPSA) is 112 Å². The molecular weight excluding hydrogens is 586 g/mol. The molecule has 3 N–H and O–H groups in total. The Bertz CT molecular complexity index is 1440. The average Bonchev–Trinajstić information content (AvgIpc) is 3.18. The Kier molecular flexibility index (Phi) is 7.88. The molecule has 0 saturated heterocycles. The molecule has 34 heavy (non-hydrogen) atoms. The van der Waals surface area contributed by atoms with Gasteiger partial charge in [0.2, 0.25) is 10.0 Å². The Balaban J connectivity index is 1.51. The zero-order chi connectivity index (χ0) is 24.3. The number of rotatable bonds is 10. The molecule has 0 amide bonds. The van der Waals surface area contributed by atoms with Crippen molar-refractivity contribution < 1.29 is 13.2 Å². The number of nitrogens with zero attached hydrogens (tertiary/aromatic N) is 3. The third-order valence-corrected chi connectivity index (χ3v) is 8.86. The normalized spacial score (nSPS) is 12.1. The van der Waals surface area contributed by atoms with Crippen LogP contribution in [-0.4, -0.2) is 43.2 Å². The number of nitrogens with one attached hydrogen (secondary N) is 1. The summed E-state index contributed by atoms with van der Waals surface area (Å²) >= 11 is 6.71. The van der Waals surface area contributed by atoms with Gasteiger partial charge in [0.05, 0.1) is 22.5 Å². The standard InChI is InChI=1S/C23H25Br2N5O3S/c1-33-13-10-20-29-21-22(16-6-2-3-7-19(16)28-23(21)26)30(20)12-5-4-11-27-34(31,32)15-8-9-17(24)18(25)14-15/h2-3,6-9,14,27H,4-5,10-13H2,1H3,(H2,26,28). The molecule has 0 bridgehead atoms. The molecule has 4 rings (SSSR count). The second kappa shape index (κ2) is 10.7. The summed E-state index contributed by atoms with van der Waals surface area (Å²) in [7, 11) is -1.92. The lowest BCUT2D eigenvalue weighted by molar-refractivity contribution is 0.199. The molecule has 11 heteroatoms. The summed E-state index contributed by atoms with van der Waals surface area (Å²) in [6.45, 7) is 1.55. The molecule has 2 aromatic carbocycles. The molecule has 2 aromatic heterocycles. The molecule has 0 fully saturated rings. The van der Waals surface area contributed by atoms with E-state index >= 15 is 0 Å². The molecule has 180 valence electrons. The predicted molar refractivity (Wildman–Crippen MR) is 141 cm³/mol. The fourth-order valence-electron chi connectivity index (χ4n) is 3.86. The third kappa shape index (κ3) is 5.28. The van der Waals surface area contributed by atoms with E-state index in [1.54, 1.807) is 25.3 Å². The highest BCUT2D eigenvalue weighted by Gasteiger charge is 2.18. The highest BCUT2D eigenvalue weighted by molar-refractivity contribution is 9.13. The van der Waals surface area contributed by atoms with Crippen molar-refractivity contribution in [3.05, 3.63) is 57.2 Å². The number of pyridine rings is 1. The molecule has 0 aliphatic carbocycles. The Morgan fingerprint density at radius 3 is 2.65 bits per heavy atom. The molecule has 0 aliphatic rings. The largest absolute Gasteiger partial charge is 0.384 e. The molecule has 0 radical (unpaired) electrons. The van der Waals surface area contributed by atoms with E-state index in [0.29, 0.717) is 48.3 Å². The summed E-state index contributed by atoms with van der Waals surface area (Å²) in [5.74, 6) is 1.28. The number of hydrogen-bond acceptors (Lipinski definition) is 6. The zero-order valence-electron chi connectivity index (χ0n) is 18.6. The maximum absolute atomic E-state index is 12.6. The first-order valence-electron chi connectivity index (χ1n) is 10.8. The number of nitrogen functional groups attached to an aromatic ring is 1. The van der Waals surface area contributed by atoms with Crippen LogP contribution in [0.3, 0.4) is 0 Å². The van der Waals surface area contributed by atoms with Crippen LogP contribution in [0.15, 0.2) is 56.3 Å². The minimum atomic E-state index is -3.58. The number of sulfonamides is 1. The summed E-state index contributed by atoms with van der Waals surface area (Å²) < 4.78 is 36.8. The number of para-hydroxylation sites is 1. The van der Waals surface area contributed by atoms with Gasteiger partial charge in [0.15, 0.2) is 5.82 Å². The van der Waals surface area contributed by atoms with Crippen LogP contribution >= 0.6 is 31.9 Å². The Labute approximate surface area is 215 Å². The van der Waals surface area contributed by atoms with Gasteiger partial charge in [0.25, 0.3) is 0 Å². The first-order chi connectivity index (χ1) is 16.3. The van der Waals surface area contributed by atoms with E-state index in [4.69, 9.17) is 15.5 Å². The molecular formula is C23H25Br2N5O3S. The SMILES string of the molecule is COCCc1nc2c(N)nc3ccccc3c2n1CCCCNS(=O)(=O)c1ccc(Br)c(Br)c1. The van der Waals surface area contributed by atoms with Crippen molar-refractivity contribution in [2.45, 2.75) is 30.7 Å². The number of fused-ring (bicyclic) bond motifs is 3. The highest BCUT2D eigenvalue weighted by atomic mass is 79.9. The smallest absolute Gasteiger partial charge is 0.240 e. The van der Waals surface area contributed by atoms with Gasteiger partial charge in [-0.3, -0.25) is 0 Å². The number of aryl methyl sites for hydroxylation is 1. The van der Waals surface area contributed by atoms with E-state index in [1.165, 1.54) is 0 Å². The number of anilines is 1. The van der Waals surface area contributed by atoms with Crippen molar-refractivity contribution in [2.75, 3.05) is 26.0 Å². The zero-order valence-corrected chi connectivity index (χ0v) is 22.6. The van der Waals surface area contributed by atoms with Crippen LogP contribution in [0.1, 0.15) is 18.7 Å². The monoisotopic (exact) mass is 609 g/mol. The summed E-state index contributed by atoms with van der Waals surface area (Å²) in [6.07, 6.45) is 2.07. The van der Waals surface area contributed by atoms with E-state index in [1.807, 2.05) is 24.3 Å². The van der Waals surface area contributed by atoms with E-state index in [9.17, 15) is 8.42 Å². The van der Waals surface area contributed by atoms with Crippen molar-refractivity contribution in [1.29, 1.82) is 0 Å². The van der Waals surface area contributed by atoms with Gasteiger partial charge >= 0.3 is 0 Å². The summed E-state index contributed by atoms with van der Waals surface area (Å²) in [4.78, 5) is 9.49. The molecule has 0 spiro atoms. The van der Waals surface area contributed by atoms with Gasteiger partial charge in [-0.05, 0) is 69.0 Å². The fourth-order valence-corrected chi connectivity index (χ4v) is 5.74.